The van der Waals surface area contributed by atoms with Crippen molar-refractivity contribution in [1.82, 2.24) is 20.1 Å². The van der Waals surface area contributed by atoms with Gasteiger partial charge >= 0.3 is 0 Å². The third kappa shape index (κ3) is 3.12. The number of nitrogens with one attached hydrogen (secondary N) is 1. The van der Waals surface area contributed by atoms with Gasteiger partial charge in [-0.2, -0.15) is 0 Å². The van der Waals surface area contributed by atoms with Gasteiger partial charge in [0, 0.05) is 12.1 Å². The molecule has 0 aliphatic carbocycles. The van der Waals surface area contributed by atoms with Gasteiger partial charge in [0.05, 0.1) is 6.54 Å². The molecule has 0 bridgehead atoms. The molecule has 1 aromatic carbocycles. The number of aryl methyl sites for hydroxylation is 2. The Balaban J connectivity index is 2.05. The third-order valence-corrected chi connectivity index (χ3v) is 3.01. The van der Waals surface area contributed by atoms with Crippen LogP contribution in [0.5, 0.6) is 0 Å². The standard InChI is InChI=1S/C15H18N4O/c1-4-8-19-12(3)17-18-14(19)10-16-15(20)13-7-5-6-11(2)9-13/h4-7,9H,1,8,10H2,2-3H3,(H,16,20). The summed E-state index contributed by atoms with van der Waals surface area (Å²) in [6.45, 7) is 8.53. The number of hydrogen-bond acceptors (Lipinski definition) is 3. The summed E-state index contributed by atoms with van der Waals surface area (Å²) >= 11 is 0. The van der Waals surface area contributed by atoms with Gasteiger partial charge in [-0.25, -0.2) is 0 Å². The van der Waals surface area contributed by atoms with Crippen molar-refractivity contribution < 1.29 is 4.79 Å². The van der Waals surface area contributed by atoms with Gasteiger partial charge in [-0.05, 0) is 26.0 Å². The lowest BCUT2D eigenvalue weighted by molar-refractivity contribution is 0.0949. The number of hydrogen-bond donors (Lipinski definition) is 1. The lowest BCUT2D eigenvalue weighted by Gasteiger charge is -2.07. The van der Waals surface area contributed by atoms with Gasteiger partial charge < -0.3 is 9.88 Å². The SMILES string of the molecule is C=CCn1c(C)nnc1CNC(=O)c1cccc(C)c1. The number of rotatable bonds is 5. The molecule has 5 nitrogen and oxygen atoms in total. The van der Waals surface area contributed by atoms with Crippen LogP contribution in [-0.2, 0) is 13.1 Å². The zero-order chi connectivity index (χ0) is 14.5. The van der Waals surface area contributed by atoms with Crippen molar-refractivity contribution >= 4 is 5.91 Å². The number of aromatic nitrogens is 3. The number of nitrogens with zero attached hydrogens (tertiary/aromatic N) is 3. The van der Waals surface area contributed by atoms with Crippen molar-refractivity contribution in [1.29, 1.82) is 0 Å². The quantitative estimate of drug-likeness (QED) is 0.845. The van der Waals surface area contributed by atoms with Crippen LogP contribution in [0.4, 0.5) is 0 Å². The van der Waals surface area contributed by atoms with Crippen LogP contribution >= 0.6 is 0 Å². The van der Waals surface area contributed by atoms with E-state index in [-0.39, 0.29) is 5.91 Å². The van der Waals surface area contributed by atoms with Crippen LogP contribution < -0.4 is 5.32 Å². The first-order valence-corrected chi connectivity index (χ1v) is 6.46. The maximum atomic E-state index is 12.1. The first-order valence-electron chi connectivity index (χ1n) is 6.46. The average Bonchev–Trinajstić information content (AvgIpc) is 2.78. The maximum absolute atomic E-state index is 12.1. The summed E-state index contributed by atoms with van der Waals surface area (Å²) in [6, 6.07) is 7.48. The van der Waals surface area contributed by atoms with Crippen LogP contribution in [0, 0.1) is 13.8 Å². The van der Waals surface area contributed by atoms with Crippen LogP contribution in [0.25, 0.3) is 0 Å². The summed E-state index contributed by atoms with van der Waals surface area (Å²) in [4.78, 5) is 12.1. The van der Waals surface area contributed by atoms with Crippen LogP contribution in [-0.4, -0.2) is 20.7 Å². The third-order valence-electron chi connectivity index (χ3n) is 3.01. The second kappa shape index (κ2) is 6.14. The molecule has 0 atom stereocenters. The van der Waals surface area contributed by atoms with Gasteiger partial charge in [0.1, 0.15) is 5.82 Å². The monoisotopic (exact) mass is 270 g/mol. The minimum Gasteiger partial charge on any atom is -0.345 e. The van der Waals surface area contributed by atoms with Gasteiger partial charge in [0.25, 0.3) is 5.91 Å². The predicted molar refractivity (Wildman–Crippen MR) is 77.3 cm³/mol. The smallest absolute Gasteiger partial charge is 0.251 e. The van der Waals surface area contributed by atoms with Gasteiger partial charge in [0.15, 0.2) is 5.82 Å². The molecule has 1 amide bonds. The molecule has 0 saturated heterocycles. The van der Waals surface area contributed by atoms with Crippen molar-refractivity contribution in [3.8, 4) is 0 Å². The Morgan fingerprint density at radius 2 is 2.20 bits per heavy atom. The lowest BCUT2D eigenvalue weighted by atomic mass is 10.1. The molecule has 0 aliphatic rings. The van der Waals surface area contributed by atoms with E-state index in [1.807, 2.05) is 36.6 Å². The Morgan fingerprint density at radius 1 is 1.40 bits per heavy atom. The van der Waals surface area contributed by atoms with Gasteiger partial charge in [-0.3, -0.25) is 4.79 Å². The molecule has 104 valence electrons. The van der Waals surface area contributed by atoms with Crippen molar-refractivity contribution in [3.05, 3.63) is 59.7 Å². The van der Waals surface area contributed by atoms with Gasteiger partial charge in [-0.1, -0.05) is 23.8 Å². The van der Waals surface area contributed by atoms with E-state index in [0.29, 0.717) is 18.7 Å². The minimum atomic E-state index is -0.112. The number of benzene rings is 1. The summed E-state index contributed by atoms with van der Waals surface area (Å²) in [6.07, 6.45) is 1.78. The van der Waals surface area contributed by atoms with E-state index >= 15 is 0 Å². The highest BCUT2D eigenvalue weighted by atomic mass is 16.1. The molecule has 2 aromatic rings. The fourth-order valence-electron chi connectivity index (χ4n) is 1.97. The zero-order valence-electron chi connectivity index (χ0n) is 11.8. The number of allylic oxidation sites excluding steroid dienone is 1. The van der Waals surface area contributed by atoms with Crippen LogP contribution in [0.3, 0.4) is 0 Å². The molecule has 5 heteroatoms. The van der Waals surface area contributed by atoms with Gasteiger partial charge in [0.2, 0.25) is 0 Å². The summed E-state index contributed by atoms with van der Waals surface area (Å²) in [7, 11) is 0. The second-order valence-corrected chi connectivity index (χ2v) is 4.61. The topological polar surface area (TPSA) is 59.8 Å². The average molecular weight is 270 g/mol. The molecule has 0 aliphatic heterocycles. The molecule has 0 unspecified atom stereocenters. The second-order valence-electron chi connectivity index (χ2n) is 4.61. The molecular weight excluding hydrogens is 252 g/mol. The first kappa shape index (κ1) is 14.0. The Hall–Kier alpha value is -2.43. The molecule has 0 saturated carbocycles. The Labute approximate surface area is 118 Å². The first-order chi connectivity index (χ1) is 9.61. The number of carbonyl (C=O) groups is 1. The summed E-state index contributed by atoms with van der Waals surface area (Å²) in [5, 5.41) is 10.9. The molecule has 1 heterocycles. The van der Waals surface area contributed by atoms with Crippen molar-refractivity contribution in [2.45, 2.75) is 26.9 Å². The van der Waals surface area contributed by atoms with Crippen molar-refractivity contribution in [2.24, 2.45) is 0 Å². The van der Waals surface area contributed by atoms with E-state index in [2.05, 4.69) is 22.1 Å². The fourth-order valence-corrected chi connectivity index (χ4v) is 1.97. The van der Waals surface area contributed by atoms with E-state index in [9.17, 15) is 4.79 Å². The zero-order valence-corrected chi connectivity index (χ0v) is 11.8. The van der Waals surface area contributed by atoms with E-state index in [1.54, 1.807) is 12.1 Å². The molecular formula is C15H18N4O. The highest BCUT2D eigenvalue weighted by Crippen LogP contribution is 2.05. The number of carbonyl (C=O) groups excluding carboxylic acids is 1. The van der Waals surface area contributed by atoms with E-state index in [1.165, 1.54) is 0 Å². The van der Waals surface area contributed by atoms with Crippen molar-refractivity contribution in [2.75, 3.05) is 0 Å². The fraction of sp³-hybridized carbons (Fsp3) is 0.267. The molecule has 0 radical (unpaired) electrons. The Bertz CT molecular complexity index is 631. The molecule has 0 fully saturated rings. The lowest BCUT2D eigenvalue weighted by Crippen LogP contribution is -2.25. The van der Waals surface area contributed by atoms with E-state index < -0.39 is 0 Å². The van der Waals surface area contributed by atoms with Crippen molar-refractivity contribution in [3.63, 3.8) is 0 Å². The normalized spacial score (nSPS) is 10.3. The summed E-state index contributed by atoms with van der Waals surface area (Å²) < 4.78 is 1.92. The largest absolute Gasteiger partial charge is 0.345 e. The Kier molecular flexibility index (Phi) is 4.30. The maximum Gasteiger partial charge on any atom is 0.251 e. The van der Waals surface area contributed by atoms with Crippen LogP contribution in [0.1, 0.15) is 27.6 Å². The summed E-state index contributed by atoms with van der Waals surface area (Å²) in [5.74, 6) is 1.42. The molecule has 2 rings (SSSR count). The highest BCUT2D eigenvalue weighted by molar-refractivity contribution is 5.94. The molecule has 0 spiro atoms. The molecule has 1 aromatic heterocycles. The highest BCUT2D eigenvalue weighted by Gasteiger charge is 2.10. The van der Waals surface area contributed by atoms with Crippen LogP contribution in [0.15, 0.2) is 36.9 Å². The predicted octanol–water partition coefficient (Wildman–Crippen LogP) is 2.01. The van der Waals surface area contributed by atoms with Crippen LogP contribution in [0.2, 0.25) is 0 Å². The van der Waals surface area contributed by atoms with Gasteiger partial charge in [-0.15, -0.1) is 16.8 Å². The minimum absolute atomic E-state index is 0.112. The van der Waals surface area contributed by atoms with E-state index in [4.69, 9.17) is 0 Å². The van der Waals surface area contributed by atoms with E-state index in [0.717, 1.165) is 17.2 Å². The summed E-state index contributed by atoms with van der Waals surface area (Å²) in [5.41, 5.74) is 1.71. The Morgan fingerprint density at radius 3 is 2.90 bits per heavy atom. The molecule has 1 N–H and O–H groups in total. The number of amides is 1. The molecule has 20 heavy (non-hydrogen) atoms.